The second kappa shape index (κ2) is 6.14. The lowest BCUT2D eigenvalue weighted by molar-refractivity contribution is 0.209. The van der Waals surface area contributed by atoms with Crippen molar-refractivity contribution in [3.05, 3.63) is 29.8 Å². The lowest BCUT2D eigenvalue weighted by Gasteiger charge is -2.30. The third kappa shape index (κ3) is 2.93. The van der Waals surface area contributed by atoms with Gasteiger partial charge in [-0.25, -0.2) is 0 Å². The van der Waals surface area contributed by atoms with Crippen molar-refractivity contribution in [1.82, 2.24) is 5.32 Å². The first-order valence-corrected chi connectivity index (χ1v) is 7.41. The van der Waals surface area contributed by atoms with E-state index >= 15 is 0 Å². The SMILES string of the molecule is CCC(CCl)(CCl)NCC1Cc2ccccc2O1. The van der Waals surface area contributed by atoms with Gasteiger partial charge in [-0.3, -0.25) is 0 Å². The van der Waals surface area contributed by atoms with Gasteiger partial charge in [0.05, 0.1) is 0 Å². The van der Waals surface area contributed by atoms with E-state index in [-0.39, 0.29) is 11.6 Å². The van der Waals surface area contributed by atoms with Crippen LogP contribution in [0.3, 0.4) is 0 Å². The fourth-order valence-electron chi connectivity index (χ4n) is 2.14. The van der Waals surface area contributed by atoms with E-state index in [4.69, 9.17) is 27.9 Å². The third-order valence-electron chi connectivity index (χ3n) is 3.61. The Morgan fingerprint density at radius 3 is 2.67 bits per heavy atom. The monoisotopic (exact) mass is 287 g/mol. The summed E-state index contributed by atoms with van der Waals surface area (Å²) in [5.41, 5.74) is 1.10. The van der Waals surface area contributed by atoms with Gasteiger partial charge in [-0.15, -0.1) is 23.2 Å². The molecule has 1 atom stereocenters. The summed E-state index contributed by atoms with van der Waals surface area (Å²) >= 11 is 12.0. The van der Waals surface area contributed by atoms with Gasteiger partial charge < -0.3 is 10.1 Å². The predicted molar refractivity (Wildman–Crippen MR) is 77.0 cm³/mol. The largest absolute Gasteiger partial charge is 0.488 e. The van der Waals surface area contributed by atoms with Crippen LogP contribution in [0, 0.1) is 0 Å². The first-order chi connectivity index (χ1) is 8.73. The maximum absolute atomic E-state index is 6.01. The maximum atomic E-state index is 6.01. The van der Waals surface area contributed by atoms with Gasteiger partial charge in [0.25, 0.3) is 0 Å². The molecule has 0 fully saturated rings. The zero-order valence-electron chi connectivity index (χ0n) is 10.6. The summed E-state index contributed by atoms with van der Waals surface area (Å²) in [4.78, 5) is 0. The lowest BCUT2D eigenvalue weighted by Crippen LogP contribution is -2.51. The number of para-hydroxylation sites is 1. The van der Waals surface area contributed by atoms with Crippen molar-refractivity contribution in [3.8, 4) is 5.75 Å². The van der Waals surface area contributed by atoms with Crippen molar-refractivity contribution in [1.29, 1.82) is 0 Å². The number of alkyl halides is 2. The molecule has 4 heteroatoms. The number of benzene rings is 1. The topological polar surface area (TPSA) is 21.3 Å². The molecule has 1 aliphatic heterocycles. The molecule has 0 bridgehead atoms. The van der Waals surface area contributed by atoms with Gasteiger partial charge in [0.1, 0.15) is 11.9 Å². The summed E-state index contributed by atoms with van der Waals surface area (Å²) in [6.45, 7) is 2.88. The number of rotatable bonds is 6. The van der Waals surface area contributed by atoms with Crippen LogP contribution in [0.5, 0.6) is 5.75 Å². The fraction of sp³-hybridized carbons (Fsp3) is 0.571. The minimum atomic E-state index is -0.179. The van der Waals surface area contributed by atoms with Gasteiger partial charge in [0, 0.05) is 30.3 Å². The maximum Gasteiger partial charge on any atom is 0.123 e. The Morgan fingerprint density at radius 1 is 1.33 bits per heavy atom. The van der Waals surface area contributed by atoms with Crippen LogP contribution in [0.4, 0.5) is 0 Å². The summed E-state index contributed by atoms with van der Waals surface area (Å²) in [6, 6.07) is 8.19. The van der Waals surface area contributed by atoms with E-state index in [1.807, 2.05) is 18.2 Å². The van der Waals surface area contributed by atoms with Crippen LogP contribution in [0.15, 0.2) is 24.3 Å². The molecule has 1 heterocycles. The van der Waals surface area contributed by atoms with Crippen LogP contribution in [0.1, 0.15) is 18.9 Å². The van der Waals surface area contributed by atoms with Gasteiger partial charge in [-0.2, -0.15) is 0 Å². The van der Waals surface area contributed by atoms with Crippen molar-refractivity contribution in [2.24, 2.45) is 0 Å². The van der Waals surface area contributed by atoms with Crippen molar-refractivity contribution in [2.45, 2.75) is 31.4 Å². The Bertz CT molecular complexity index is 360. The Hall–Kier alpha value is -0.440. The van der Waals surface area contributed by atoms with Gasteiger partial charge >= 0.3 is 0 Å². The smallest absolute Gasteiger partial charge is 0.123 e. The van der Waals surface area contributed by atoms with E-state index in [0.29, 0.717) is 11.8 Å². The van der Waals surface area contributed by atoms with E-state index in [0.717, 1.165) is 25.1 Å². The van der Waals surface area contributed by atoms with Gasteiger partial charge in [-0.1, -0.05) is 25.1 Å². The molecule has 1 aromatic carbocycles. The average molecular weight is 288 g/mol. The molecule has 0 saturated carbocycles. The molecule has 18 heavy (non-hydrogen) atoms. The minimum Gasteiger partial charge on any atom is -0.488 e. The first-order valence-electron chi connectivity index (χ1n) is 6.34. The summed E-state index contributed by atoms with van der Waals surface area (Å²) in [6.07, 6.45) is 2.05. The summed E-state index contributed by atoms with van der Waals surface area (Å²) < 4.78 is 5.89. The normalized spacial score (nSPS) is 18.5. The zero-order chi connectivity index (χ0) is 13.0. The second-order valence-corrected chi connectivity index (χ2v) is 5.37. The zero-order valence-corrected chi connectivity index (χ0v) is 12.1. The molecule has 1 unspecified atom stereocenters. The molecule has 2 nitrogen and oxygen atoms in total. The van der Waals surface area contributed by atoms with Crippen LogP contribution in [-0.4, -0.2) is 29.9 Å². The van der Waals surface area contributed by atoms with E-state index < -0.39 is 0 Å². The predicted octanol–water partition coefficient (Wildman–Crippen LogP) is 3.21. The molecular formula is C14H19Cl2NO. The number of ether oxygens (including phenoxy) is 1. The van der Waals surface area contributed by atoms with Crippen molar-refractivity contribution < 1.29 is 4.74 Å². The van der Waals surface area contributed by atoms with E-state index in [9.17, 15) is 0 Å². The summed E-state index contributed by atoms with van der Waals surface area (Å²) in [5, 5.41) is 3.47. The van der Waals surface area contributed by atoms with E-state index in [1.165, 1.54) is 5.56 Å². The van der Waals surface area contributed by atoms with E-state index in [2.05, 4.69) is 18.3 Å². The highest BCUT2D eigenvalue weighted by molar-refractivity contribution is 6.22. The van der Waals surface area contributed by atoms with Gasteiger partial charge in [0.2, 0.25) is 0 Å². The molecule has 1 aliphatic rings. The molecular weight excluding hydrogens is 269 g/mol. The number of hydrogen-bond acceptors (Lipinski definition) is 2. The number of halogens is 2. The molecule has 0 spiro atoms. The molecule has 0 aliphatic carbocycles. The van der Waals surface area contributed by atoms with Crippen molar-refractivity contribution in [3.63, 3.8) is 0 Å². The quantitative estimate of drug-likeness (QED) is 0.812. The molecule has 0 radical (unpaired) electrons. The molecule has 0 saturated heterocycles. The Labute approximate surface area is 119 Å². The van der Waals surface area contributed by atoms with Gasteiger partial charge in [0.15, 0.2) is 0 Å². The van der Waals surface area contributed by atoms with Crippen LogP contribution >= 0.6 is 23.2 Å². The van der Waals surface area contributed by atoms with Crippen LogP contribution < -0.4 is 10.1 Å². The highest BCUT2D eigenvalue weighted by atomic mass is 35.5. The van der Waals surface area contributed by atoms with Crippen molar-refractivity contribution >= 4 is 23.2 Å². The minimum absolute atomic E-state index is 0.179. The highest BCUT2D eigenvalue weighted by Crippen LogP contribution is 2.28. The Balaban J connectivity index is 1.90. The second-order valence-electron chi connectivity index (χ2n) is 4.83. The van der Waals surface area contributed by atoms with Crippen LogP contribution in [-0.2, 0) is 6.42 Å². The fourth-order valence-corrected chi connectivity index (χ4v) is 2.99. The molecule has 1 N–H and O–H groups in total. The Morgan fingerprint density at radius 2 is 2.06 bits per heavy atom. The van der Waals surface area contributed by atoms with Crippen LogP contribution in [0.2, 0.25) is 0 Å². The first kappa shape index (κ1) is 14.0. The van der Waals surface area contributed by atoms with Gasteiger partial charge in [-0.05, 0) is 18.1 Å². The standard InChI is InChI=1S/C14H19Cl2NO/c1-2-14(9-15,10-16)17-8-12-7-11-5-3-4-6-13(11)18-12/h3-6,12,17H,2,7-10H2,1H3. The lowest BCUT2D eigenvalue weighted by atomic mass is 10.0. The molecule has 100 valence electrons. The van der Waals surface area contributed by atoms with E-state index in [1.54, 1.807) is 0 Å². The molecule has 0 aromatic heterocycles. The summed E-state index contributed by atoms with van der Waals surface area (Å²) in [7, 11) is 0. The number of nitrogens with one attached hydrogen (secondary N) is 1. The Kier molecular flexibility index (Phi) is 4.77. The molecule has 0 amide bonds. The van der Waals surface area contributed by atoms with Crippen molar-refractivity contribution in [2.75, 3.05) is 18.3 Å². The highest BCUT2D eigenvalue weighted by Gasteiger charge is 2.29. The number of hydrogen-bond donors (Lipinski definition) is 1. The average Bonchev–Trinajstić information content (AvgIpc) is 2.84. The number of fused-ring (bicyclic) bond motifs is 1. The van der Waals surface area contributed by atoms with Crippen LogP contribution in [0.25, 0.3) is 0 Å². The third-order valence-corrected chi connectivity index (χ3v) is 4.63. The molecule has 2 rings (SSSR count). The summed E-state index contributed by atoms with van der Waals surface area (Å²) in [5.74, 6) is 2.04. The molecule has 1 aromatic rings.